The first-order valence-corrected chi connectivity index (χ1v) is 7.71. The molecule has 0 amide bonds. The van der Waals surface area contributed by atoms with Gasteiger partial charge in [0.1, 0.15) is 11.4 Å². The smallest absolute Gasteiger partial charge is 0.186 e. The molecule has 0 aliphatic heterocycles. The monoisotopic (exact) mass is 357 g/mol. The lowest BCUT2D eigenvalue weighted by Crippen LogP contribution is -2.04. The Morgan fingerprint density at radius 2 is 1.65 bits per heavy atom. The van der Waals surface area contributed by atoms with Crippen molar-refractivity contribution in [3.05, 3.63) is 36.5 Å². The molecule has 0 aliphatic carbocycles. The second kappa shape index (κ2) is 7.22. The van der Waals surface area contributed by atoms with Crippen molar-refractivity contribution in [2.24, 2.45) is 0 Å². The van der Waals surface area contributed by atoms with Crippen LogP contribution in [0.3, 0.4) is 0 Å². The predicted octanol–water partition coefficient (Wildman–Crippen LogP) is 2.67. The molecule has 8 heteroatoms. The number of hydrogen-bond acceptors (Lipinski definition) is 7. The van der Waals surface area contributed by atoms with Gasteiger partial charge in [0.05, 0.1) is 40.3 Å². The molecule has 0 fully saturated rings. The number of phenolic OH excluding ortho intramolecular Hbond substituents is 1. The van der Waals surface area contributed by atoms with Crippen LogP contribution in [0.15, 0.2) is 36.5 Å². The zero-order valence-electron chi connectivity index (χ0n) is 14.9. The van der Waals surface area contributed by atoms with Gasteiger partial charge in [-0.25, -0.2) is 4.68 Å². The van der Waals surface area contributed by atoms with Crippen LogP contribution >= 0.6 is 0 Å². The minimum atomic E-state index is 0.0212. The summed E-state index contributed by atoms with van der Waals surface area (Å²) in [7, 11) is 6.15. The molecule has 26 heavy (non-hydrogen) atoms. The van der Waals surface area contributed by atoms with Crippen LogP contribution < -0.4 is 18.9 Å². The molecule has 0 bridgehead atoms. The number of phenols is 1. The van der Waals surface area contributed by atoms with E-state index in [0.717, 1.165) is 0 Å². The summed E-state index contributed by atoms with van der Waals surface area (Å²) in [5.41, 5.74) is 1.94. The highest BCUT2D eigenvalue weighted by Crippen LogP contribution is 2.39. The van der Waals surface area contributed by atoms with Gasteiger partial charge in [0, 0.05) is 17.7 Å². The third kappa shape index (κ3) is 2.97. The molecule has 136 valence electrons. The van der Waals surface area contributed by atoms with Crippen molar-refractivity contribution >= 4 is 0 Å². The number of aromatic hydroxyl groups is 1. The summed E-state index contributed by atoms with van der Waals surface area (Å²) in [6, 6.07) is 8.54. The van der Waals surface area contributed by atoms with Crippen LogP contribution in [0.1, 0.15) is 0 Å². The van der Waals surface area contributed by atoms with E-state index < -0.39 is 0 Å². The van der Waals surface area contributed by atoms with Crippen molar-refractivity contribution in [1.82, 2.24) is 15.0 Å². The summed E-state index contributed by atoms with van der Waals surface area (Å²) in [6.45, 7) is 0. The molecule has 1 aromatic heterocycles. The highest BCUT2D eigenvalue weighted by atomic mass is 16.5. The third-order valence-electron chi connectivity index (χ3n) is 3.92. The first-order valence-electron chi connectivity index (χ1n) is 7.71. The van der Waals surface area contributed by atoms with Gasteiger partial charge in [0.25, 0.3) is 0 Å². The minimum Gasteiger partial charge on any atom is -0.504 e. The van der Waals surface area contributed by atoms with Crippen molar-refractivity contribution in [3.63, 3.8) is 0 Å². The van der Waals surface area contributed by atoms with E-state index in [1.54, 1.807) is 62.5 Å². The molecule has 3 rings (SSSR count). The van der Waals surface area contributed by atoms with Crippen molar-refractivity contribution < 1.29 is 24.1 Å². The van der Waals surface area contributed by atoms with Crippen LogP contribution in [0.4, 0.5) is 0 Å². The lowest BCUT2D eigenvalue weighted by atomic mass is 10.1. The molecule has 2 aromatic carbocycles. The molecular formula is C18H19N3O5. The van der Waals surface area contributed by atoms with Crippen molar-refractivity contribution in [2.75, 3.05) is 28.4 Å². The Morgan fingerprint density at radius 1 is 0.885 bits per heavy atom. The molecule has 1 N–H and O–H groups in total. The molecule has 0 aliphatic rings. The van der Waals surface area contributed by atoms with Gasteiger partial charge >= 0.3 is 0 Å². The van der Waals surface area contributed by atoms with Crippen LogP contribution in [-0.4, -0.2) is 48.5 Å². The van der Waals surface area contributed by atoms with Gasteiger partial charge in [-0.2, -0.15) is 0 Å². The van der Waals surface area contributed by atoms with Gasteiger partial charge in [0.15, 0.2) is 23.0 Å². The SMILES string of the molecule is COc1cc(OC)c(OC)c(-n2nncc2-c2ccc(OC)c(O)c2)c1. The van der Waals surface area contributed by atoms with Crippen LogP contribution in [-0.2, 0) is 0 Å². The average Bonchev–Trinajstić information content (AvgIpc) is 3.16. The van der Waals surface area contributed by atoms with E-state index >= 15 is 0 Å². The highest BCUT2D eigenvalue weighted by molar-refractivity contribution is 5.68. The zero-order chi connectivity index (χ0) is 18.7. The number of methoxy groups -OCH3 is 4. The Bertz CT molecular complexity index is 923. The van der Waals surface area contributed by atoms with E-state index in [1.807, 2.05) is 0 Å². The zero-order valence-corrected chi connectivity index (χ0v) is 14.9. The largest absolute Gasteiger partial charge is 0.504 e. The predicted molar refractivity (Wildman–Crippen MR) is 94.7 cm³/mol. The quantitative estimate of drug-likeness (QED) is 0.725. The average molecular weight is 357 g/mol. The number of nitrogens with zero attached hydrogens (tertiary/aromatic N) is 3. The fourth-order valence-electron chi connectivity index (χ4n) is 2.65. The van der Waals surface area contributed by atoms with Crippen molar-refractivity contribution in [1.29, 1.82) is 0 Å². The van der Waals surface area contributed by atoms with E-state index in [9.17, 15) is 5.11 Å². The minimum absolute atomic E-state index is 0.0212. The van der Waals surface area contributed by atoms with E-state index in [4.69, 9.17) is 18.9 Å². The maximum atomic E-state index is 10.1. The fourth-order valence-corrected chi connectivity index (χ4v) is 2.65. The van der Waals surface area contributed by atoms with E-state index in [1.165, 1.54) is 7.11 Å². The molecule has 0 unspecified atom stereocenters. The van der Waals surface area contributed by atoms with Gasteiger partial charge in [0.2, 0.25) is 0 Å². The lowest BCUT2D eigenvalue weighted by Gasteiger charge is -2.16. The van der Waals surface area contributed by atoms with Gasteiger partial charge in [-0.1, -0.05) is 5.21 Å². The Labute approximate surface area is 150 Å². The van der Waals surface area contributed by atoms with Gasteiger partial charge in [-0.15, -0.1) is 5.10 Å². The molecule has 0 spiro atoms. The normalized spacial score (nSPS) is 10.5. The third-order valence-corrected chi connectivity index (χ3v) is 3.92. The molecule has 0 saturated heterocycles. The summed E-state index contributed by atoms with van der Waals surface area (Å²) in [4.78, 5) is 0. The van der Waals surface area contributed by atoms with Crippen molar-refractivity contribution in [3.8, 4) is 45.7 Å². The Hall–Kier alpha value is -3.42. The summed E-state index contributed by atoms with van der Waals surface area (Å²) in [5.74, 6) is 1.97. The summed E-state index contributed by atoms with van der Waals surface area (Å²) >= 11 is 0. The Kier molecular flexibility index (Phi) is 4.83. The van der Waals surface area contributed by atoms with Crippen LogP contribution in [0.5, 0.6) is 28.7 Å². The van der Waals surface area contributed by atoms with Gasteiger partial charge < -0.3 is 24.1 Å². The first kappa shape index (κ1) is 17.4. The van der Waals surface area contributed by atoms with Crippen LogP contribution in [0.25, 0.3) is 16.9 Å². The van der Waals surface area contributed by atoms with Gasteiger partial charge in [-0.3, -0.25) is 0 Å². The summed E-state index contributed by atoms with van der Waals surface area (Å²) in [5, 5.41) is 18.2. The Balaban J connectivity index is 2.19. The van der Waals surface area contributed by atoms with E-state index in [-0.39, 0.29) is 5.75 Å². The molecule has 0 radical (unpaired) electrons. The van der Waals surface area contributed by atoms with Gasteiger partial charge in [-0.05, 0) is 18.2 Å². The van der Waals surface area contributed by atoms with Crippen molar-refractivity contribution in [2.45, 2.75) is 0 Å². The molecule has 8 nitrogen and oxygen atoms in total. The van der Waals surface area contributed by atoms with E-state index in [0.29, 0.717) is 39.9 Å². The second-order valence-electron chi connectivity index (χ2n) is 5.30. The number of ether oxygens (including phenoxy) is 4. The summed E-state index contributed by atoms with van der Waals surface area (Å²) < 4.78 is 22.9. The number of rotatable bonds is 6. The number of aromatic nitrogens is 3. The topological polar surface area (TPSA) is 87.9 Å². The lowest BCUT2D eigenvalue weighted by molar-refractivity contribution is 0.347. The molecule has 3 aromatic rings. The van der Waals surface area contributed by atoms with E-state index in [2.05, 4.69) is 10.3 Å². The maximum Gasteiger partial charge on any atom is 0.186 e. The molecular weight excluding hydrogens is 338 g/mol. The molecule has 0 atom stereocenters. The fraction of sp³-hybridized carbons (Fsp3) is 0.222. The summed E-state index contributed by atoms with van der Waals surface area (Å²) in [6.07, 6.45) is 1.59. The number of benzene rings is 2. The van der Waals surface area contributed by atoms with Crippen LogP contribution in [0.2, 0.25) is 0 Å². The molecule has 1 heterocycles. The first-order chi connectivity index (χ1) is 12.6. The van der Waals surface area contributed by atoms with Crippen LogP contribution in [0, 0.1) is 0 Å². The standard InChI is InChI=1S/C18H19N3O5/c1-23-12-8-13(18(26-4)17(9-12)25-3)21-14(10-19-20-21)11-5-6-16(24-2)15(22)7-11/h5-10,22H,1-4H3. The maximum absolute atomic E-state index is 10.1. The Morgan fingerprint density at radius 3 is 2.27 bits per heavy atom. The highest BCUT2D eigenvalue weighted by Gasteiger charge is 2.19. The molecule has 0 saturated carbocycles. The number of hydrogen-bond donors (Lipinski definition) is 1. The second-order valence-corrected chi connectivity index (χ2v) is 5.30.